The van der Waals surface area contributed by atoms with Crippen LogP contribution in [0.1, 0.15) is 35.6 Å². The van der Waals surface area contributed by atoms with Crippen LogP contribution in [0.5, 0.6) is 0 Å². The molecule has 1 aliphatic heterocycles. The van der Waals surface area contributed by atoms with Gasteiger partial charge in [0.15, 0.2) is 5.76 Å². The maximum atomic E-state index is 12.3. The fourth-order valence-electron chi connectivity index (χ4n) is 2.64. The molecule has 1 aromatic rings. The Morgan fingerprint density at radius 3 is 2.85 bits per heavy atom. The van der Waals surface area contributed by atoms with Gasteiger partial charge in [-0.2, -0.15) is 0 Å². The predicted octanol–water partition coefficient (Wildman–Crippen LogP) is 1.89. The molecule has 1 aliphatic rings. The first-order valence-corrected chi connectivity index (χ1v) is 7.26. The summed E-state index contributed by atoms with van der Waals surface area (Å²) in [4.78, 5) is 14.2. The first-order chi connectivity index (χ1) is 9.74. The van der Waals surface area contributed by atoms with Crippen LogP contribution in [-0.2, 0) is 11.3 Å². The third-order valence-corrected chi connectivity index (χ3v) is 3.86. The Balaban J connectivity index is 1.84. The van der Waals surface area contributed by atoms with Gasteiger partial charge < -0.3 is 19.4 Å². The normalized spacial score (nSPS) is 16.6. The highest BCUT2D eigenvalue weighted by molar-refractivity contribution is 5.91. The van der Waals surface area contributed by atoms with Crippen LogP contribution in [0.15, 0.2) is 16.5 Å². The van der Waals surface area contributed by atoms with Crippen molar-refractivity contribution >= 4 is 5.91 Å². The molecule has 2 rings (SSSR count). The molecule has 1 saturated heterocycles. The maximum Gasteiger partial charge on any atom is 0.289 e. The topological polar surface area (TPSA) is 54.7 Å². The molecule has 0 spiro atoms. The molecule has 0 bridgehead atoms. The average molecular weight is 280 g/mol. The van der Waals surface area contributed by atoms with E-state index in [1.54, 1.807) is 19.2 Å². The minimum atomic E-state index is -0.000537. The summed E-state index contributed by atoms with van der Waals surface area (Å²) in [6, 6.07) is 3.54. The summed E-state index contributed by atoms with van der Waals surface area (Å²) in [5.41, 5.74) is 0. The lowest BCUT2D eigenvalue weighted by atomic mass is 9.93. The predicted molar refractivity (Wildman–Crippen MR) is 76.6 cm³/mol. The Morgan fingerprint density at radius 1 is 1.45 bits per heavy atom. The van der Waals surface area contributed by atoms with E-state index < -0.39 is 0 Å². The van der Waals surface area contributed by atoms with Crippen LogP contribution in [0.4, 0.5) is 0 Å². The van der Waals surface area contributed by atoms with Gasteiger partial charge in [0.05, 0.1) is 0 Å². The smallest absolute Gasteiger partial charge is 0.289 e. The summed E-state index contributed by atoms with van der Waals surface area (Å²) >= 11 is 0. The second-order valence-electron chi connectivity index (χ2n) is 5.33. The summed E-state index contributed by atoms with van der Waals surface area (Å²) < 4.78 is 10.5. The molecule has 0 atom stereocenters. The van der Waals surface area contributed by atoms with Crippen LogP contribution in [0.3, 0.4) is 0 Å². The third kappa shape index (κ3) is 3.84. The van der Waals surface area contributed by atoms with E-state index in [2.05, 4.69) is 5.32 Å². The first kappa shape index (κ1) is 15.1. The van der Waals surface area contributed by atoms with Crippen LogP contribution in [0.2, 0.25) is 0 Å². The van der Waals surface area contributed by atoms with Crippen LogP contribution in [0, 0.1) is 5.92 Å². The molecule has 1 aromatic heterocycles. The van der Waals surface area contributed by atoms with Crippen molar-refractivity contribution in [1.82, 2.24) is 10.2 Å². The van der Waals surface area contributed by atoms with E-state index in [4.69, 9.17) is 9.15 Å². The lowest BCUT2D eigenvalue weighted by molar-refractivity contribution is 0.0648. The molecule has 5 heteroatoms. The second kappa shape index (κ2) is 7.45. The number of nitrogens with one attached hydrogen (secondary N) is 1. The van der Waals surface area contributed by atoms with E-state index in [1.165, 1.54) is 6.42 Å². The summed E-state index contributed by atoms with van der Waals surface area (Å²) in [5.74, 6) is 1.84. The van der Waals surface area contributed by atoms with Gasteiger partial charge in [-0.25, -0.2) is 0 Å². The van der Waals surface area contributed by atoms with Crippen molar-refractivity contribution in [2.24, 2.45) is 5.92 Å². The monoisotopic (exact) mass is 280 g/mol. The van der Waals surface area contributed by atoms with Crippen molar-refractivity contribution in [1.29, 1.82) is 0 Å². The molecule has 1 amide bonds. The highest BCUT2D eigenvalue weighted by Gasteiger charge is 2.25. The number of amides is 1. The fourth-order valence-corrected chi connectivity index (χ4v) is 2.64. The summed E-state index contributed by atoms with van der Waals surface area (Å²) in [5, 5.41) is 3.18. The molecule has 20 heavy (non-hydrogen) atoms. The SMILES string of the molecule is CNCCC1CCN(C(=O)c2ccc(COC)o2)CC1. The highest BCUT2D eigenvalue weighted by Crippen LogP contribution is 2.22. The zero-order chi connectivity index (χ0) is 14.4. The molecule has 0 aromatic carbocycles. The van der Waals surface area contributed by atoms with Crippen molar-refractivity contribution in [3.8, 4) is 0 Å². The Morgan fingerprint density at radius 2 is 2.20 bits per heavy atom. The first-order valence-electron chi connectivity index (χ1n) is 7.26. The number of carbonyl (C=O) groups is 1. The van der Waals surface area contributed by atoms with Gasteiger partial charge in [0.2, 0.25) is 0 Å². The average Bonchev–Trinajstić information content (AvgIpc) is 2.94. The Hall–Kier alpha value is -1.33. The van der Waals surface area contributed by atoms with Crippen molar-refractivity contribution in [3.63, 3.8) is 0 Å². The number of ether oxygens (including phenoxy) is 1. The molecule has 0 unspecified atom stereocenters. The van der Waals surface area contributed by atoms with E-state index in [-0.39, 0.29) is 5.91 Å². The van der Waals surface area contributed by atoms with Crippen molar-refractivity contribution in [2.45, 2.75) is 25.9 Å². The third-order valence-electron chi connectivity index (χ3n) is 3.86. The molecule has 5 nitrogen and oxygen atoms in total. The van der Waals surface area contributed by atoms with Gasteiger partial charge in [-0.05, 0) is 50.9 Å². The minimum absolute atomic E-state index is 0.000537. The van der Waals surface area contributed by atoms with Crippen molar-refractivity contribution in [3.05, 3.63) is 23.7 Å². The van der Waals surface area contributed by atoms with E-state index in [1.807, 2.05) is 11.9 Å². The van der Waals surface area contributed by atoms with Gasteiger partial charge in [0.25, 0.3) is 5.91 Å². The second-order valence-corrected chi connectivity index (χ2v) is 5.33. The van der Waals surface area contributed by atoms with Gasteiger partial charge in [0.1, 0.15) is 12.4 Å². The lowest BCUT2D eigenvalue weighted by Gasteiger charge is -2.31. The van der Waals surface area contributed by atoms with Crippen LogP contribution < -0.4 is 5.32 Å². The number of hydrogen-bond donors (Lipinski definition) is 1. The largest absolute Gasteiger partial charge is 0.453 e. The zero-order valence-electron chi connectivity index (χ0n) is 12.4. The molecule has 112 valence electrons. The Kier molecular flexibility index (Phi) is 5.61. The van der Waals surface area contributed by atoms with Gasteiger partial charge in [-0.3, -0.25) is 4.79 Å². The number of nitrogens with zero attached hydrogens (tertiary/aromatic N) is 1. The van der Waals surface area contributed by atoms with Gasteiger partial charge >= 0.3 is 0 Å². The van der Waals surface area contributed by atoms with Crippen LogP contribution >= 0.6 is 0 Å². The molecule has 0 saturated carbocycles. The number of likely N-dealkylation sites (tertiary alicyclic amines) is 1. The molecule has 1 fully saturated rings. The van der Waals surface area contributed by atoms with E-state index in [9.17, 15) is 4.79 Å². The van der Waals surface area contributed by atoms with Gasteiger partial charge in [-0.1, -0.05) is 0 Å². The molecular formula is C15H24N2O3. The number of piperidine rings is 1. The Bertz CT molecular complexity index is 423. The highest BCUT2D eigenvalue weighted by atomic mass is 16.5. The van der Waals surface area contributed by atoms with Gasteiger partial charge in [-0.15, -0.1) is 0 Å². The van der Waals surface area contributed by atoms with Crippen LogP contribution in [-0.4, -0.2) is 44.6 Å². The summed E-state index contributed by atoms with van der Waals surface area (Å²) in [7, 11) is 3.59. The lowest BCUT2D eigenvalue weighted by Crippen LogP contribution is -2.38. The number of carbonyl (C=O) groups excluding carboxylic acids is 1. The Labute approximate surface area is 120 Å². The molecule has 1 N–H and O–H groups in total. The van der Waals surface area contributed by atoms with E-state index >= 15 is 0 Å². The number of methoxy groups -OCH3 is 1. The standard InChI is InChI=1S/C15H24N2O3/c1-16-8-5-12-6-9-17(10-7-12)15(18)14-4-3-13(20-14)11-19-2/h3-4,12,16H,5-11H2,1-2H3. The fraction of sp³-hybridized carbons (Fsp3) is 0.667. The molecule has 0 aliphatic carbocycles. The van der Waals surface area contributed by atoms with E-state index in [0.29, 0.717) is 18.1 Å². The zero-order valence-corrected chi connectivity index (χ0v) is 12.4. The number of rotatable bonds is 6. The quantitative estimate of drug-likeness (QED) is 0.864. The number of furan rings is 1. The maximum absolute atomic E-state index is 12.3. The van der Waals surface area contributed by atoms with E-state index in [0.717, 1.165) is 38.4 Å². The molecular weight excluding hydrogens is 256 g/mol. The minimum Gasteiger partial charge on any atom is -0.453 e. The molecule has 2 heterocycles. The number of hydrogen-bond acceptors (Lipinski definition) is 4. The summed E-state index contributed by atoms with van der Waals surface area (Å²) in [6.45, 7) is 3.11. The van der Waals surface area contributed by atoms with Crippen LogP contribution in [0.25, 0.3) is 0 Å². The van der Waals surface area contributed by atoms with Crippen molar-refractivity contribution < 1.29 is 13.9 Å². The summed E-state index contributed by atoms with van der Waals surface area (Å²) in [6.07, 6.45) is 3.36. The molecule has 0 radical (unpaired) electrons. The van der Waals surface area contributed by atoms with Gasteiger partial charge in [0, 0.05) is 20.2 Å². The van der Waals surface area contributed by atoms with Crippen molar-refractivity contribution in [2.75, 3.05) is 33.8 Å².